The van der Waals surface area contributed by atoms with Gasteiger partial charge in [-0.2, -0.15) is 0 Å². The fraction of sp³-hybridized carbons (Fsp3) is 0.222. The lowest BCUT2D eigenvalue weighted by Gasteiger charge is -2.13. The Balaban J connectivity index is 1.69. The molecular weight excluding hydrogens is 290 g/mol. The maximum atomic E-state index is 5.73. The molecule has 1 aromatic heterocycles. The molecule has 5 heteroatoms. The molecule has 0 aliphatic heterocycles. The van der Waals surface area contributed by atoms with Crippen LogP contribution in [-0.2, 0) is 6.61 Å². The van der Waals surface area contributed by atoms with Crippen molar-refractivity contribution in [1.82, 2.24) is 10.2 Å². The van der Waals surface area contributed by atoms with Gasteiger partial charge in [-0.3, -0.25) is 0 Å². The summed E-state index contributed by atoms with van der Waals surface area (Å²) >= 11 is 0. The highest BCUT2D eigenvalue weighted by Gasteiger charge is 2.09. The Morgan fingerprint density at radius 2 is 1.87 bits per heavy atom. The number of hydrogen-bond acceptors (Lipinski definition) is 5. The predicted octanol–water partition coefficient (Wildman–Crippen LogP) is 3.69. The number of anilines is 1. The van der Waals surface area contributed by atoms with Crippen LogP contribution in [0.25, 0.3) is 11.5 Å². The van der Waals surface area contributed by atoms with Gasteiger partial charge in [-0.1, -0.05) is 23.8 Å². The molecule has 118 valence electrons. The molecule has 0 saturated heterocycles. The van der Waals surface area contributed by atoms with Gasteiger partial charge in [-0.05, 0) is 31.2 Å². The Kier molecular flexibility index (Phi) is 4.28. The van der Waals surface area contributed by atoms with Crippen LogP contribution in [0.4, 0.5) is 5.69 Å². The lowest BCUT2D eigenvalue weighted by Crippen LogP contribution is -2.08. The summed E-state index contributed by atoms with van der Waals surface area (Å²) in [6, 6.07) is 15.8. The highest BCUT2D eigenvalue weighted by Crippen LogP contribution is 2.22. The molecule has 0 aliphatic carbocycles. The van der Waals surface area contributed by atoms with Gasteiger partial charge in [-0.25, -0.2) is 0 Å². The average Bonchev–Trinajstić information content (AvgIpc) is 3.02. The van der Waals surface area contributed by atoms with Crippen LogP contribution in [-0.4, -0.2) is 24.3 Å². The van der Waals surface area contributed by atoms with Crippen LogP contribution >= 0.6 is 0 Å². The van der Waals surface area contributed by atoms with Gasteiger partial charge in [-0.15, -0.1) is 10.2 Å². The van der Waals surface area contributed by atoms with Crippen LogP contribution in [0.2, 0.25) is 0 Å². The van der Waals surface area contributed by atoms with E-state index in [0.29, 0.717) is 11.8 Å². The second-order valence-corrected chi connectivity index (χ2v) is 5.55. The molecule has 0 radical (unpaired) electrons. The summed E-state index contributed by atoms with van der Waals surface area (Å²) in [7, 11) is 3.98. The third-order valence-electron chi connectivity index (χ3n) is 3.43. The van der Waals surface area contributed by atoms with Crippen molar-refractivity contribution in [1.29, 1.82) is 0 Å². The zero-order chi connectivity index (χ0) is 16.2. The van der Waals surface area contributed by atoms with E-state index in [1.165, 1.54) is 0 Å². The van der Waals surface area contributed by atoms with E-state index in [2.05, 4.69) is 10.2 Å². The normalized spacial score (nSPS) is 10.6. The number of aromatic nitrogens is 2. The Bertz CT molecular complexity index is 796. The average molecular weight is 309 g/mol. The van der Waals surface area contributed by atoms with Gasteiger partial charge in [0.05, 0.1) is 0 Å². The van der Waals surface area contributed by atoms with E-state index >= 15 is 0 Å². The van der Waals surface area contributed by atoms with Crippen LogP contribution in [0.5, 0.6) is 5.75 Å². The summed E-state index contributed by atoms with van der Waals surface area (Å²) in [6.45, 7) is 2.28. The van der Waals surface area contributed by atoms with E-state index in [9.17, 15) is 0 Å². The Labute approximate surface area is 135 Å². The number of nitrogens with zero attached hydrogens (tertiary/aromatic N) is 3. The van der Waals surface area contributed by atoms with Crippen molar-refractivity contribution < 1.29 is 9.15 Å². The van der Waals surface area contributed by atoms with Gasteiger partial charge in [0.15, 0.2) is 6.61 Å². The zero-order valence-electron chi connectivity index (χ0n) is 13.5. The van der Waals surface area contributed by atoms with Crippen molar-refractivity contribution in [2.75, 3.05) is 19.0 Å². The monoisotopic (exact) mass is 309 g/mol. The molecule has 3 rings (SSSR count). The molecule has 3 aromatic rings. The maximum absolute atomic E-state index is 5.73. The van der Waals surface area contributed by atoms with Gasteiger partial charge in [0.1, 0.15) is 5.75 Å². The third kappa shape index (κ3) is 3.69. The van der Waals surface area contributed by atoms with Crippen molar-refractivity contribution in [2.24, 2.45) is 0 Å². The topological polar surface area (TPSA) is 51.4 Å². The molecule has 0 amide bonds. The number of rotatable bonds is 5. The standard InChI is InChI=1S/C18H19N3O2/c1-13-6-4-7-14(10-13)18-20-19-17(23-18)12-22-16-9-5-8-15(11-16)21(2)3/h4-11H,12H2,1-3H3. The minimum absolute atomic E-state index is 0.246. The first-order valence-corrected chi connectivity index (χ1v) is 7.41. The minimum atomic E-state index is 0.246. The van der Waals surface area contributed by atoms with Gasteiger partial charge in [0, 0.05) is 31.4 Å². The summed E-state index contributed by atoms with van der Waals surface area (Å²) < 4.78 is 11.4. The Morgan fingerprint density at radius 3 is 2.65 bits per heavy atom. The highest BCUT2D eigenvalue weighted by molar-refractivity contribution is 5.53. The molecule has 0 spiro atoms. The van der Waals surface area contributed by atoms with Crippen LogP contribution < -0.4 is 9.64 Å². The first-order valence-electron chi connectivity index (χ1n) is 7.41. The summed E-state index contributed by atoms with van der Waals surface area (Å²) in [5, 5.41) is 8.12. The second-order valence-electron chi connectivity index (χ2n) is 5.55. The summed E-state index contributed by atoms with van der Waals surface area (Å²) in [4.78, 5) is 2.02. The van der Waals surface area contributed by atoms with Crippen LogP contribution in [0.1, 0.15) is 11.5 Å². The van der Waals surface area contributed by atoms with E-state index in [0.717, 1.165) is 22.6 Å². The van der Waals surface area contributed by atoms with Crippen molar-refractivity contribution >= 4 is 5.69 Å². The largest absolute Gasteiger partial charge is 0.484 e. The molecule has 0 atom stereocenters. The lowest BCUT2D eigenvalue weighted by molar-refractivity contribution is 0.264. The van der Waals surface area contributed by atoms with Crippen molar-refractivity contribution in [3.05, 3.63) is 60.0 Å². The second kappa shape index (κ2) is 6.52. The molecule has 1 heterocycles. The highest BCUT2D eigenvalue weighted by atomic mass is 16.5. The fourth-order valence-electron chi connectivity index (χ4n) is 2.20. The Hall–Kier alpha value is -2.82. The molecule has 0 aliphatic rings. The van der Waals surface area contributed by atoms with Crippen LogP contribution in [0, 0.1) is 6.92 Å². The molecule has 0 fully saturated rings. The molecule has 5 nitrogen and oxygen atoms in total. The summed E-state index contributed by atoms with van der Waals surface area (Å²) in [5.41, 5.74) is 3.14. The minimum Gasteiger partial charge on any atom is -0.484 e. The molecule has 0 unspecified atom stereocenters. The fourth-order valence-corrected chi connectivity index (χ4v) is 2.20. The molecular formula is C18H19N3O2. The maximum Gasteiger partial charge on any atom is 0.254 e. The van der Waals surface area contributed by atoms with Crippen molar-refractivity contribution in [2.45, 2.75) is 13.5 Å². The SMILES string of the molecule is Cc1cccc(-c2nnc(COc3cccc(N(C)C)c3)o2)c1. The van der Waals surface area contributed by atoms with Gasteiger partial charge in [0.2, 0.25) is 5.89 Å². The summed E-state index contributed by atoms with van der Waals surface area (Å²) in [6.07, 6.45) is 0. The predicted molar refractivity (Wildman–Crippen MR) is 89.6 cm³/mol. The lowest BCUT2D eigenvalue weighted by atomic mass is 10.1. The molecule has 0 bridgehead atoms. The number of ether oxygens (including phenoxy) is 1. The number of benzene rings is 2. The van der Waals surface area contributed by atoms with Gasteiger partial charge in [0.25, 0.3) is 5.89 Å². The van der Waals surface area contributed by atoms with E-state index in [4.69, 9.17) is 9.15 Å². The first-order chi connectivity index (χ1) is 11.1. The Morgan fingerprint density at radius 1 is 1.04 bits per heavy atom. The van der Waals surface area contributed by atoms with Crippen molar-refractivity contribution in [3.63, 3.8) is 0 Å². The van der Waals surface area contributed by atoms with Crippen LogP contribution in [0.15, 0.2) is 52.9 Å². The van der Waals surface area contributed by atoms with Gasteiger partial charge < -0.3 is 14.1 Å². The van der Waals surface area contributed by atoms with Crippen LogP contribution in [0.3, 0.4) is 0 Å². The zero-order valence-corrected chi connectivity index (χ0v) is 13.5. The molecule has 0 N–H and O–H groups in total. The smallest absolute Gasteiger partial charge is 0.254 e. The first kappa shape index (κ1) is 15.1. The number of hydrogen-bond donors (Lipinski definition) is 0. The quantitative estimate of drug-likeness (QED) is 0.719. The molecule has 23 heavy (non-hydrogen) atoms. The van der Waals surface area contributed by atoms with E-state index in [-0.39, 0.29) is 6.61 Å². The number of aryl methyl sites for hydroxylation is 1. The molecule has 0 saturated carbocycles. The third-order valence-corrected chi connectivity index (χ3v) is 3.43. The molecule has 2 aromatic carbocycles. The van der Waals surface area contributed by atoms with E-state index in [1.807, 2.05) is 74.4 Å². The van der Waals surface area contributed by atoms with E-state index < -0.39 is 0 Å². The van der Waals surface area contributed by atoms with Gasteiger partial charge >= 0.3 is 0 Å². The van der Waals surface area contributed by atoms with Crippen molar-refractivity contribution in [3.8, 4) is 17.2 Å². The van der Waals surface area contributed by atoms with E-state index in [1.54, 1.807) is 0 Å². The summed E-state index contributed by atoms with van der Waals surface area (Å²) in [5.74, 6) is 1.73.